The van der Waals surface area contributed by atoms with E-state index in [-0.39, 0.29) is 17.5 Å². The predicted molar refractivity (Wildman–Crippen MR) is 99.6 cm³/mol. The lowest BCUT2D eigenvalue weighted by molar-refractivity contribution is -0.767. The first kappa shape index (κ1) is 19.1. The zero-order valence-corrected chi connectivity index (χ0v) is 16.3. The van der Waals surface area contributed by atoms with Gasteiger partial charge in [-0.2, -0.15) is 8.42 Å². The van der Waals surface area contributed by atoms with Crippen LogP contribution in [0.1, 0.15) is 39.0 Å². The van der Waals surface area contributed by atoms with Gasteiger partial charge in [0.05, 0.1) is 6.54 Å². The minimum Gasteiger partial charge on any atom is -0.616 e. The van der Waals surface area contributed by atoms with E-state index in [0.717, 1.165) is 25.6 Å². The van der Waals surface area contributed by atoms with E-state index in [9.17, 15) is 13.6 Å². The van der Waals surface area contributed by atoms with Crippen LogP contribution in [0.4, 0.5) is 0 Å². The molecule has 2 aliphatic heterocycles. The number of piperidine rings is 1. The number of hydroxylamine groups is 2. The summed E-state index contributed by atoms with van der Waals surface area (Å²) in [6.45, 7) is 5.31. The van der Waals surface area contributed by atoms with Crippen LogP contribution < -0.4 is 0 Å². The van der Waals surface area contributed by atoms with Gasteiger partial charge in [0.2, 0.25) is 0 Å². The zero-order chi connectivity index (χ0) is 18.1. The summed E-state index contributed by atoms with van der Waals surface area (Å²) in [7, 11) is -3.99. The van der Waals surface area contributed by atoms with Crippen molar-refractivity contribution in [2.45, 2.75) is 50.0 Å². The molecule has 2 atom stereocenters. The molecule has 0 bridgehead atoms. The monoisotopic (exact) mass is 386 g/mol. The molecule has 2 fully saturated rings. The minimum absolute atomic E-state index is 0.0358. The number of benzene rings is 1. The van der Waals surface area contributed by atoms with E-state index in [0.29, 0.717) is 24.3 Å². The first-order valence-electron chi connectivity index (χ1n) is 9.15. The van der Waals surface area contributed by atoms with E-state index in [1.807, 2.05) is 0 Å². The Bertz CT molecular complexity index is 704. The summed E-state index contributed by atoms with van der Waals surface area (Å²) in [5.74, 6) is 0.764. The van der Waals surface area contributed by atoms with Crippen LogP contribution in [0.15, 0.2) is 29.2 Å². The standard InChI is InChI=1S/C18H27ClN2O3S/c1-15-7-10-20(11-8-15)12-9-17-5-3-13-21(17,22)25(23,24)18-6-2-4-16(19)14-18/h2,4,6,14-15,17H,3,5,7-13H2,1H3. The number of hydrogen-bond donors (Lipinski definition) is 0. The molecule has 2 aliphatic rings. The van der Waals surface area contributed by atoms with Crippen molar-refractivity contribution in [2.75, 3.05) is 26.2 Å². The Morgan fingerprint density at radius 1 is 1.28 bits per heavy atom. The molecule has 2 heterocycles. The molecule has 5 nitrogen and oxygen atoms in total. The van der Waals surface area contributed by atoms with Crippen LogP contribution >= 0.6 is 11.6 Å². The number of quaternary nitrogens is 1. The number of sulfonamides is 1. The highest BCUT2D eigenvalue weighted by Crippen LogP contribution is 2.36. The van der Waals surface area contributed by atoms with Crippen LogP contribution in [0.5, 0.6) is 0 Å². The van der Waals surface area contributed by atoms with E-state index in [1.165, 1.54) is 25.0 Å². The molecule has 0 radical (unpaired) electrons. The molecule has 0 N–H and O–H groups in total. The van der Waals surface area contributed by atoms with Gasteiger partial charge in [-0.3, -0.25) is 0 Å². The van der Waals surface area contributed by atoms with Gasteiger partial charge in [0, 0.05) is 30.8 Å². The minimum atomic E-state index is -3.99. The summed E-state index contributed by atoms with van der Waals surface area (Å²) in [4.78, 5) is 2.41. The van der Waals surface area contributed by atoms with Gasteiger partial charge in [0.15, 0.2) is 0 Å². The van der Waals surface area contributed by atoms with Crippen LogP contribution in [0.25, 0.3) is 0 Å². The summed E-state index contributed by atoms with van der Waals surface area (Å²) < 4.78 is 24.9. The van der Waals surface area contributed by atoms with Gasteiger partial charge in [0.1, 0.15) is 10.9 Å². The Labute approximate surface area is 155 Å². The van der Waals surface area contributed by atoms with E-state index in [2.05, 4.69) is 11.8 Å². The first-order chi connectivity index (χ1) is 11.8. The van der Waals surface area contributed by atoms with E-state index in [1.54, 1.807) is 12.1 Å². The van der Waals surface area contributed by atoms with Gasteiger partial charge in [-0.15, -0.1) is 0 Å². The van der Waals surface area contributed by atoms with Crippen LogP contribution in [0.3, 0.4) is 0 Å². The molecule has 3 rings (SSSR count). The molecular formula is C18H27ClN2O3S. The lowest BCUT2D eigenvalue weighted by Crippen LogP contribution is -2.51. The Morgan fingerprint density at radius 3 is 2.68 bits per heavy atom. The van der Waals surface area contributed by atoms with E-state index >= 15 is 0 Å². The molecule has 1 aromatic rings. The second kappa shape index (κ2) is 7.53. The third kappa shape index (κ3) is 3.88. The molecular weight excluding hydrogens is 360 g/mol. The molecule has 2 unspecified atom stereocenters. The maximum absolute atomic E-state index is 13.4. The SMILES string of the molecule is CC1CCN(CCC2CCC[N+]2([O-])S(=O)(=O)c2cccc(Cl)c2)CC1. The third-order valence-corrected chi connectivity index (χ3v) is 8.10. The normalized spacial score (nSPS) is 29.2. The molecule has 140 valence electrons. The topological polar surface area (TPSA) is 60.4 Å². The quantitative estimate of drug-likeness (QED) is 0.572. The molecule has 0 aromatic heterocycles. The number of nitrogens with zero attached hydrogens (tertiary/aromatic N) is 2. The second-order valence-electron chi connectivity index (χ2n) is 7.49. The summed E-state index contributed by atoms with van der Waals surface area (Å²) in [6, 6.07) is 5.68. The second-order valence-corrected chi connectivity index (χ2v) is 9.97. The maximum atomic E-state index is 13.4. The van der Waals surface area contributed by atoms with Crippen LogP contribution in [0.2, 0.25) is 5.02 Å². The van der Waals surface area contributed by atoms with Gasteiger partial charge < -0.3 is 10.1 Å². The highest BCUT2D eigenvalue weighted by molar-refractivity contribution is 7.86. The number of halogens is 1. The van der Waals surface area contributed by atoms with Crippen molar-refractivity contribution in [1.82, 2.24) is 4.90 Å². The highest BCUT2D eigenvalue weighted by atomic mass is 35.5. The molecule has 0 amide bonds. The number of hydrogen-bond acceptors (Lipinski definition) is 4. The fourth-order valence-corrected chi connectivity index (χ4v) is 6.12. The van der Waals surface area contributed by atoms with Crippen LogP contribution in [-0.4, -0.2) is 49.6 Å². The molecule has 2 saturated heterocycles. The van der Waals surface area contributed by atoms with Crippen molar-refractivity contribution >= 4 is 21.6 Å². The van der Waals surface area contributed by atoms with Crippen molar-refractivity contribution < 1.29 is 12.5 Å². The fraction of sp³-hybridized carbons (Fsp3) is 0.667. The molecule has 25 heavy (non-hydrogen) atoms. The summed E-state index contributed by atoms with van der Waals surface area (Å²) >= 11 is 5.93. The zero-order valence-electron chi connectivity index (χ0n) is 14.7. The molecule has 7 heteroatoms. The Kier molecular flexibility index (Phi) is 5.75. The van der Waals surface area contributed by atoms with Gasteiger partial charge in [-0.25, -0.2) is 4.05 Å². The molecule has 1 aromatic carbocycles. The Balaban J connectivity index is 1.72. The van der Waals surface area contributed by atoms with Gasteiger partial charge in [-0.05, 0) is 50.0 Å². The lowest BCUT2D eigenvalue weighted by Gasteiger charge is -2.42. The molecule has 0 spiro atoms. The van der Waals surface area contributed by atoms with E-state index in [4.69, 9.17) is 11.6 Å². The average molecular weight is 387 g/mol. The third-order valence-electron chi connectivity index (χ3n) is 5.72. The van der Waals surface area contributed by atoms with Crippen molar-refractivity contribution in [1.29, 1.82) is 0 Å². The summed E-state index contributed by atoms with van der Waals surface area (Å²) in [6.07, 6.45) is 4.34. The smallest absolute Gasteiger partial charge is 0.327 e. The van der Waals surface area contributed by atoms with Gasteiger partial charge in [0.25, 0.3) is 0 Å². The van der Waals surface area contributed by atoms with E-state index < -0.39 is 14.1 Å². The van der Waals surface area contributed by atoms with Crippen LogP contribution in [-0.2, 0) is 10.0 Å². The lowest BCUT2D eigenvalue weighted by atomic mass is 9.99. The fourth-order valence-electron chi connectivity index (χ4n) is 4.01. The largest absolute Gasteiger partial charge is 0.616 e. The summed E-state index contributed by atoms with van der Waals surface area (Å²) in [5, 5.41) is 13.7. The predicted octanol–water partition coefficient (Wildman–Crippen LogP) is 3.63. The number of rotatable bonds is 5. The van der Waals surface area contributed by atoms with Gasteiger partial charge in [-0.1, -0.05) is 24.6 Å². The summed E-state index contributed by atoms with van der Waals surface area (Å²) in [5.41, 5.74) is 0. The molecule has 0 aliphatic carbocycles. The van der Waals surface area contributed by atoms with Crippen molar-refractivity contribution in [3.8, 4) is 0 Å². The average Bonchev–Trinajstić information content (AvgIpc) is 2.97. The van der Waals surface area contributed by atoms with Crippen molar-refractivity contribution in [3.63, 3.8) is 0 Å². The van der Waals surface area contributed by atoms with Crippen molar-refractivity contribution in [3.05, 3.63) is 34.5 Å². The Hall–Kier alpha value is -0.660. The Morgan fingerprint density at radius 2 is 2.00 bits per heavy atom. The van der Waals surface area contributed by atoms with Crippen molar-refractivity contribution in [2.24, 2.45) is 5.92 Å². The molecule has 0 saturated carbocycles. The maximum Gasteiger partial charge on any atom is 0.327 e. The van der Waals surface area contributed by atoms with Crippen LogP contribution in [0, 0.1) is 11.1 Å². The number of likely N-dealkylation sites (tertiary alicyclic amines) is 1. The first-order valence-corrected chi connectivity index (χ1v) is 11.0. The highest BCUT2D eigenvalue weighted by Gasteiger charge is 2.45. The van der Waals surface area contributed by atoms with Gasteiger partial charge >= 0.3 is 10.0 Å².